The second kappa shape index (κ2) is 6.32. The van der Waals surface area contributed by atoms with Gasteiger partial charge >= 0.3 is 0 Å². The number of hydrogen-bond acceptors (Lipinski definition) is 2. The van der Waals surface area contributed by atoms with E-state index in [2.05, 4.69) is 33.0 Å². The minimum absolute atomic E-state index is 0.569. The van der Waals surface area contributed by atoms with E-state index in [9.17, 15) is 0 Å². The quantitative estimate of drug-likeness (QED) is 0.745. The molecule has 0 aromatic rings. The van der Waals surface area contributed by atoms with Gasteiger partial charge in [0.2, 0.25) is 0 Å². The lowest BCUT2D eigenvalue weighted by molar-refractivity contribution is -0.104. The lowest BCUT2D eigenvalue weighted by Gasteiger charge is -2.61. The normalized spacial score (nSPS) is 48.5. The standard InChI is InChI=1S/C22H38N2/c1-14(2)16-7-8-19-17(12-16)13-18(21-23-10-11-24-21)20-15(3)6-5-9-22(19,20)4/h14-20H,5-13H2,1-4H3,(H,23,24). The highest BCUT2D eigenvalue weighted by Gasteiger charge is 2.57. The molecule has 0 spiro atoms. The Morgan fingerprint density at radius 2 is 2.00 bits per heavy atom. The van der Waals surface area contributed by atoms with Crippen molar-refractivity contribution in [2.75, 3.05) is 13.1 Å². The highest BCUT2D eigenvalue weighted by molar-refractivity contribution is 5.86. The van der Waals surface area contributed by atoms with E-state index in [1.54, 1.807) is 0 Å². The highest BCUT2D eigenvalue weighted by Crippen LogP contribution is 2.63. The summed E-state index contributed by atoms with van der Waals surface area (Å²) in [6.45, 7) is 12.2. The van der Waals surface area contributed by atoms with Gasteiger partial charge in [-0.15, -0.1) is 0 Å². The lowest BCUT2D eigenvalue weighted by atomic mass is 9.44. The van der Waals surface area contributed by atoms with Gasteiger partial charge in [0.1, 0.15) is 0 Å². The van der Waals surface area contributed by atoms with Crippen LogP contribution in [0.3, 0.4) is 0 Å². The molecule has 0 bridgehead atoms. The zero-order valence-electron chi connectivity index (χ0n) is 16.4. The summed E-state index contributed by atoms with van der Waals surface area (Å²) in [5.74, 6) is 7.63. The molecule has 136 valence electrons. The van der Waals surface area contributed by atoms with Crippen molar-refractivity contribution in [2.45, 2.75) is 72.6 Å². The molecule has 4 rings (SSSR count). The van der Waals surface area contributed by atoms with Crippen LogP contribution >= 0.6 is 0 Å². The molecule has 0 amide bonds. The van der Waals surface area contributed by atoms with Gasteiger partial charge in [-0.25, -0.2) is 0 Å². The van der Waals surface area contributed by atoms with Crippen molar-refractivity contribution in [3.05, 3.63) is 0 Å². The summed E-state index contributed by atoms with van der Waals surface area (Å²) < 4.78 is 0. The SMILES string of the molecule is CC(C)C1CCC2C(C1)CC(C1=NCCN1)C1C(C)CCCC21C. The van der Waals surface area contributed by atoms with Gasteiger partial charge in [-0.2, -0.15) is 0 Å². The summed E-state index contributed by atoms with van der Waals surface area (Å²) in [6.07, 6.45) is 10.3. The fraction of sp³-hybridized carbons (Fsp3) is 0.955. The molecule has 3 aliphatic carbocycles. The van der Waals surface area contributed by atoms with Crippen molar-refractivity contribution >= 4 is 5.84 Å². The fourth-order valence-corrected chi connectivity index (χ4v) is 7.54. The van der Waals surface area contributed by atoms with E-state index in [1.165, 1.54) is 50.8 Å². The van der Waals surface area contributed by atoms with Crippen LogP contribution in [0.4, 0.5) is 0 Å². The molecule has 4 aliphatic rings. The summed E-state index contributed by atoms with van der Waals surface area (Å²) in [6, 6.07) is 0. The van der Waals surface area contributed by atoms with Gasteiger partial charge in [0.15, 0.2) is 0 Å². The first kappa shape index (κ1) is 16.9. The Kier molecular flexibility index (Phi) is 4.46. The highest BCUT2D eigenvalue weighted by atomic mass is 15.1. The molecule has 2 heteroatoms. The zero-order valence-corrected chi connectivity index (χ0v) is 16.4. The lowest BCUT2D eigenvalue weighted by Crippen LogP contribution is -2.56. The summed E-state index contributed by atoms with van der Waals surface area (Å²) >= 11 is 0. The molecule has 0 radical (unpaired) electrons. The Morgan fingerprint density at radius 1 is 1.17 bits per heavy atom. The average Bonchev–Trinajstić information content (AvgIpc) is 3.07. The van der Waals surface area contributed by atoms with Crippen LogP contribution in [0.5, 0.6) is 0 Å². The Labute approximate surface area is 149 Å². The van der Waals surface area contributed by atoms with Crippen LogP contribution in [0.15, 0.2) is 4.99 Å². The van der Waals surface area contributed by atoms with Crippen molar-refractivity contribution in [1.82, 2.24) is 5.32 Å². The van der Waals surface area contributed by atoms with E-state index in [-0.39, 0.29) is 0 Å². The van der Waals surface area contributed by atoms with Crippen LogP contribution in [-0.2, 0) is 0 Å². The van der Waals surface area contributed by atoms with Crippen molar-refractivity contribution in [3.8, 4) is 0 Å². The Bertz CT molecular complexity index is 496. The third-order valence-corrected chi connectivity index (χ3v) is 8.60. The number of amidine groups is 1. The van der Waals surface area contributed by atoms with Crippen LogP contribution < -0.4 is 5.32 Å². The number of fused-ring (bicyclic) bond motifs is 3. The summed E-state index contributed by atoms with van der Waals surface area (Å²) in [4.78, 5) is 4.91. The predicted octanol–water partition coefficient (Wildman–Crippen LogP) is 5.14. The Morgan fingerprint density at radius 3 is 2.71 bits per heavy atom. The van der Waals surface area contributed by atoms with E-state index in [4.69, 9.17) is 4.99 Å². The van der Waals surface area contributed by atoms with Crippen LogP contribution in [-0.4, -0.2) is 18.9 Å². The molecular weight excluding hydrogens is 292 g/mol. The maximum Gasteiger partial charge on any atom is 0.0999 e. The molecule has 7 atom stereocenters. The molecular formula is C22H38N2. The molecule has 7 unspecified atom stereocenters. The summed E-state index contributed by atoms with van der Waals surface area (Å²) in [7, 11) is 0. The van der Waals surface area contributed by atoms with Gasteiger partial charge in [-0.05, 0) is 73.0 Å². The molecule has 1 N–H and O–H groups in total. The number of nitrogens with one attached hydrogen (secondary N) is 1. The average molecular weight is 331 g/mol. The molecule has 24 heavy (non-hydrogen) atoms. The second-order valence-electron chi connectivity index (χ2n) is 10.1. The van der Waals surface area contributed by atoms with Crippen molar-refractivity contribution in [1.29, 1.82) is 0 Å². The minimum atomic E-state index is 0.569. The van der Waals surface area contributed by atoms with Crippen molar-refractivity contribution < 1.29 is 0 Å². The Balaban J connectivity index is 1.66. The molecule has 1 aliphatic heterocycles. The fourth-order valence-electron chi connectivity index (χ4n) is 7.54. The first-order valence-corrected chi connectivity index (χ1v) is 10.8. The number of aliphatic imine (C=N–C) groups is 1. The molecule has 0 saturated heterocycles. The van der Waals surface area contributed by atoms with Crippen LogP contribution in [0.2, 0.25) is 0 Å². The molecule has 3 saturated carbocycles. The van der Waals surface area contributed by atoms with Crippen LogP contribution in [0, 0.1) is 46.8 Å². The smallest absolute Gasteiger partial charge is 0.0999 e. The molecule has 0 aromatic heterocycles. The molecule has 1 heterocycles. The van der Waals surface area contributed by atoms with E-state index < -0.39 is 0 Å². The van der Waals surface area contributed by atoms with Gasteiger partial charge in [0.05, 0.1) is 12.4 Å². The van der Waals surface area contributed by atoms with Gasteiger partial charge in [0, 0.05) is 12.5 Å². The molecule has 0 aromatic carbocycles. The minimum Gasteiger partial charge on any atom is -0.372 e. The van der Waals surface area contributed by atoms with Crippen molar-refractivity contribution in [3.63, 3.8) is 0 Å². The number of hydrogen-bond donors (Lipinski definition) is 1. The van der Waals surface area contributed by atoms with Gasteiger partial charge in [-0.3, -0.25) is 4.99 Å². The van der Waals surface area contributed by atoms with Crippen LogP contribution in [0.1, 0.15) is 72.6 Å². The predicted molar refractivity (Wildman–Crippen MR) is 102 cm³/mol. The first-order valence-electron chi connectivity index (χ1n) is 10.8. The second-order valence-corrected chi connectivity index (χ2v) is 10.1. The maximum absolute atomic E-state index is 4.91. The van der Waals surface area contributed by atoms with Gasteiger partial charge < -0.3 is 5.32 Å². The third kappa shape index (κ3) is 2.63. The molecule has 3 fully saturated rings. The topological polar surface area (TPSA) is 24.4 Å². The number of nitrogens with zero attached hydrogens (tertiary/aromatic N) is 1. The monoisotopic (exact) mass is 330 g/mol. The van der Waals surface area contributed by atoms with E-state index in [1.807, 2.05) is 0 Å². The van der Waals surface area contributed by atoms with E-state index in [0.29, 0.717) is 5.41 Å². The maximum atomic E-state index is 4.91. The van der Waals surface area contributed by atoms with Gasteiger partial charge in [0.25, 0.3) is 0 Å². The third-order valence-electron chi connectivity index (χ3n) is 8.60. The van der Waals surface area contributed by atoms with Gasteiger partial charge in [-0.1, -0.05) is 40.5 Å². The van der Waals surface area contributed by atoms with Crippen molar-refractivity contribution in [2.24, 2.45) is 51.8 Å². The summed E-state index contributed by atoms with van der Waals surface area (Å²) in [5.41, 5.74) is 0.569. The first-order chi connectivity index (χ1) is 11.5. The summed E-state index contributed by atoms with van der Waals surface area (Å²) in [5, 5.41) is 3.68. The van der Waals surface area contributed by atoms with E-state index in [0.717, 1.165) is 54.5 Å². The molecule has 2 nitrogen and oxygen atoms in total. The largest absolute Gasteiger partial charge is 0.372 e. The zero-order chi connectivity index (χ0) is 16.9. The van der Waals surface area contributed by atoms with Crippen LogP contribution in [0.25, 0.3) is 0 Å². The Hall–Kier alpha value is -0.530. The van der Waals surface area contributed by atoms with E-state index >= 15 is 0 Å². The number of rotatable bonds is 2.